The number of carbonyl (C=O) groups is 1. The SMILES string of the molecule is C[C@]12CCCC=C1CC[C@H]1[C@@H]3CCC[C@@]3(C=O)CC[C@@H]12. The molecule has 0 saturated heterocycles. The summed E-state index contributed by atoms with van der Waals surface area (Å²) in [4.78, 5) is 11.8. The van der Waals surface area contributed by atoms with Gasteiger partial charge in [-0.05, 0) is 81.0 Å². The minimum atomic E-state index is 0.0907. The van der Waals surface area contributed by atoms with E-state index in [2.05, 4.69) is 13.0 Å². The maximum absolute atomic E-state index is 11.8. The molecular weight excluding hydrogens is 244 g/mol. The van der Waals surface area contributed by atoms with Crippen molar-refractivity contribution in [3.63, 3.8) is 0 Å². The Morgan fingerprint density at radius 2 is 2.00 bits per heavy atom. The molecule has 1 nitrogen and oxygen atoms in total. The maximum atomic E-state index is 11.8. The lowest BCUT2D eigenvalue weighted by molar-refractivity contribution is -0.126. The first kappa shape index (κ1) is 13.1. The van der Waals surface area contributed by atoms with Crippen LogP contribution in [0.3, 0.4) is 0 Å². The van der Waals surface area contributed by atoms with Crippen LogP contribution >= 0.6 is 0 Å². The van der Waals surface area contributed by atoms with Crippen molar-refractivity contribution in [2.75, 3.05) is 0 Å². The highest BCUT2D eigenvalue weighted by atomic mass is 16.1. The molecule has 0 unspecified atom stereocenters. The molecule has 4 aliphatic carbocycles. The standard InChI is InChI=1S/C19H28O/c1-18-10-3-2-5-14(18)7-8-15-16(18)9-12-19(13-20)11-4-6-17(15)19/h5,13,15-17H,2-4,6-12H2,1H3/t15-,16+,17+,18+,19+/m1/s1. The largest absolute Gasteiger partial charge is 0.303 e. The summed E-state index contributed by atoms with van der Waals surface area (Å²) in [5.74, 6) is 2.44. The smallest absolute Gasteiger partial charge is 0.126 e. The summed E-state index contributed by atoms with van der Waals surface area (Å²) < 4.78 is 0. The molecule has 0 N–H and O–H groups in total. The van der Waals surface area contributed by atoms with E-state index in [0.717, 1.165) is 17.8 Å². The van der Waals surface area contributed by atoms with E-state index in [1.807, 2.05) is 0 Å². The zero-order valence-electron chi connectivity index (χ0n) is 12.9. The molecule has 0 aliphatic heterocycles. The fraction of sp³-hybridized carbons (Fsp3) is 0.842. The van der Waals surface area contributed by atoms with E-state index in [1.54, 1.807) is 5.57 Å². The van der Waals surface area contributed by atoms with E-state index in [1.165, 1.54) is 70.5 Å². The lowest BCUT2D eigenvalue weighted by Gasteiger charge is -2.57. The van der Waals surface area contributed by atoms with Gasteiger partial charge in [-0.3, -0.25) is 0 Å². The summed E-state index contributed by atoms with van der Waals surface area (Å²) in [6.07, 6.45) is 17.0. The van der Waals surface area contributed by atoms with E-state index >= 15 is 0 Å². The van der Waals surface area contributed by atoms with Crippen molar-refractivity contribution in [1.29, 1.82) is 0 Å². The minimum absolute atomic E-state index is 0.0907. The fourth-order valence-electron chi connectivity index (χ4n) is 6.66. The predicted octanol–water partition coefficient (Wildman–Crippen LogP) is 4.91. The molecule has 3 saturated carbocycles. The van der Waals surface area contributed by atoms with Crippen molar-refractivity contribution in [3.8, 4) is 0 Å². The molecule has 0 radical (unpaired) electrons. The summed E-state index contributed by atoms with van der Waals surface area (Å²) in [5.41, 5.74) is 2.35. The quantitative estimate of drug-likeness (QED) is 0.489. The summed E-state index contributed by atoms with van der Waals surface area (Å²) in [6.45, 7) is 2.55. The topological polar surface area (TPSA) is 17.1 Å². The molecule has 0 spiro atoms. The van der Waals surface area contributed by atoms with Gasteiger partial charge in [-0.25, -0.2) is 0 Å². The first-order valence-corrected chi connectivity index (χ1v) is 8.85. The number of rotatable bonds is 1. The van der Waals surface area contributed by atoms with Gasteiger partial charge in [0, 0.05) is 5.41 Å². The Labute approximate surface area is 123 Å². The van der Waals surface area contributed by atoms with Crippen LogP contribution in [0.1, 0.15) is 71.1 Å². The molecule has 0 amide bonds. The van der Waals surface area contributed by atoms with Gasteiger partial charge in [0.15, 0.2) is 0 Å². The third kappa shape index (κ3) is 1.58. The van der Waals surface area contributed by atoms with Crippen LogP contribution in [0.25, 0.3) is 0 Å². The van der Waals surface area contributed by atoms with Crippen molar-refractivity contribution in [3.05, 3.63) is 11.6 Å². The van der Waals surface area contributed by atoms with Crippen molar-refractivity contribution in [1.82, 2.24) is 0 Å². The van der Waals surface area contributed by atoms with E-state index in [-0.39, 0.29) is 5.41 Å². The number of carbonyl (C=O) groups excluding carboxylic acids is 1. The number of aldehydes is 1. The number of fused-ring (bicyclic) bond motifs is 5. The third-order valence-corrected chi connectivity index (χ3v) is 7.67. The second-order valence-electron chi connectivity index (χ2n) is 8.24. The van der Waals surface area contributed by atoms with Gasteiger partial charge in [0.25, 0.3) is 0 Å². The van der Waals surface area contributed by atoms with Gasteiger partial charge in [0.1, 0.15) is 6.29 Å². The van der Waals surface area contributed by atoms with Gasteiger partial charge < -0.3 is 4.79 Å². The molecule has 1 heteroatoms. The fourth-order valence-corrected chi connectivity index (χ4v) is 6.66. The number of hydrogen-bond donors (Lipinski definition) is 0. The minimum Gasteiger partial charge on any atom is -0.303 e. The van der Waals surface area contributed by atoms with Gasteiger partial charge in [-0.1, -0.05) is 25.0 Å². The van der Waals surface area contributed by atoms with Gasteiger partial charge in [-0.15, -0.1) is 0 Å². The molecule has 0 aromatic carbocycles. The summed E-state index contributed by atoms with van der Waals surface area (Å²) in [7, 11) is 0. The predicted molar refractivity (Wildman–Crippen MR) is 81.3 cm³/mol. The second-order valence-corrected chi connectivity index (χ2v) is 8.24. The van der Waals surface area contributed by atoms with Gasteiger partial charge >= 0.3 is 0 Å². The molecule has 110 valence electrons. The molecule has 3 fully saturated rings. The van der Waals surface area contributed by atoms with Crippen LogP contribution in [0.2, 0.25) is 0 Å². The summed E-state index contributed by atoms with van der Waals surface area (Å²) >= 11 is 0. The lowest BCUT2D eigenvalue weighted by atomic mass is 9.47. The van der Waals surface area contributed by atoms with Crippen molar-refractivity contribution in [2.45, 2.75) is 71.1 Å². The lowest BCUT2D eigenvalue weighted by Crippen LogP contribution is -2.50. The first-order valence-electron chi connectivity index (χ1n) is 8.85. The average molecular weight is 272 g/mol. The highest BCUT2D eigenvalue weighted by Gasteiger charge is 2.57. The zero-order chi connectivity index (χ0) is 13.8. The Hall–Kier alpha value is -0.590. The van der Waals surface area contributed by atoms with Crippen molar-refractivity contribution in [2.24, 2.45) is 28.6 Å². The maximum Gasteiger partial charge on any atom is 0.126 e. The van der Waals surface area contributed by atoms with Crippen LogP contribution in [0.4, 0.5) is 0 Å². The number of hydrogen-bond acceptors (Lipinski definition) is 1. The summed E-state index contributed by atoms with van der Waals surface area (Å²) in [6, 6.07) is 0. The van der Waals surface area contributed by atoms with Crippen LogP contribution in [-0.4, -0.2) is 6.29 Å². The molecule has 0 heterocycles. The van der Waals surface area contributed by atoms with E-state index < -0.39 is 0 Å². The van der Waals surface area contributed by atoms with Crippen LogP contribution in [0.5, 0.6) is 0 Å². The number of allylic oxidation sites excluding steroid dienone is 2. The van der Waals surface area contributed by atoms with Gasteiger partial charge in [0.05, 0.1) is 0 Å². The Morgan fingerprint density at radius 3 is 2.85 bits per heavy atom. The van der Waals surface area contributed by atoms with Gasteiger partial charge in [0.2, 0.25) is 0 Å². The Balaban J connectivity index is 1.69. The normalized spacial score (nSPS) is 50.6. The molecule has 5 atom stereocenters. The van der Waals surface area contributed by atoms with Crippen LogP contribution < -0.4 is 0 Å². The second kappa shape index (κ2) is 4.45. The Morgan fingerprint density at radius 1 is 1.10 bits per heavy atom. The van der Waals surface area contributed by atoms with E-state index in [0.29, 0.717) is 5.41 Å². The molecular formula is C19H28O. The zero-order valence-corrected chi connectivity index (χ0v) is 12.9. The molecule has 0 aromatic heterocycles. The van der Waals surface area contributed by atoms with Crippen LogP contribution in [0.15, 0.2) is 11.6 Å². The summed E-state index contributed by atoms with van der Waals surface area (Å²) in [5, 5.41) is 0. The highest BCUT2D eigenvalue weighted by molar-refractivity contribution is 5.61. The van der Waals surface area contributed by atoms with Crippen LogP contribution in [0, 0.1) is 28.6 Å². The molecule has 20 heavy (non-hydrogen) atoms. The molecule has 0 bridgehead atoms. The van der Waals surface area contributed by atoms with E-state index in [4.69, 9.17) is 0 Å². The van der Waals surface area contributed by atoms with E-state index in [9.17, 15) is 4.79 Å². The Bertz CT molecular complexity index is 451. The molecule has 4 aliphatic rings. The monoisotopic (exact) mass is 272 g/mol. The van der Waals surface area contributed by atoms with Gasteiger partial charge in [-0.2, -0.15) is 0 Å². The Kier molecular flexibility index (Phi) is 2.91. The third-order valence-electron chi connectivity index (χ3n) is 7.67. The van der Waals surface area contributed by atoms with Crippen molar-refractivity contribution >= 4 is 6.29 Å². The molecule has 4 rings (SSSR count). The molecule has 0 aromatic rings. The first-order chi connectivity index (χ1) is 9.70. The van der Waals surface area contributed by atoms with Crippen molar-refractivity contribution < 1.29 is 4.79 Å². The average Bonchev–Trinajstić information content (AvgIpc) is 2.91. The highest BCUT2D eigenvalue weighted by Crippen LogP contribution is 2.64. The van der Waals surface area contributed by atoms with Crippen LogP contribution in [-0.2, 0) is 4.79 Å².